The zero-order valence-electron chi connectivity index (χ0n) is 15.6. The van der Waals surface area contributed by atoms with Crippen LogP contribution in [-0.4, -0.2) is 43.2 Å². The highest BCUT2D eigenvalue weighted by atomic mass is 16.5. The molecule has 0 aliphatic carbocycles. The summed E-state index contributed by atoms with van der Waals surface area (Å²) >= 11 is 0. The van der Waals surface area contributed by atoms with Gasteiger partial charge < -0.3 is 14.4 Å². The summed E-state index contributed by atoms with van der Waals surface area (Å²) in [7, 11) is 3.49. The highest BCUT2D eigenvalue weighted by molar-refractivity contribution is 5.88. The summed E-state index contributed by atoms with van der Waals surface area (Å²) in [6.07, 6.45) is 5.77. The van der Waals surface area contributed by atoms with Gasteiger partial charge >= 0.3 is 0 Å². The highest BCUT2D eigenvalue weighted by Crippen LogP contribution is 2.37. The fourth-order valence-corrected chi connectivity index (χ4v) is 4.85. The zero-order valence-corrected chi connectivity index (χ0v) is 15.6. The Morgan fingerprint density at radius 3 is 2.50 bits per heavy atom. The van der Waals surface area contributed by atoms with Crippen LogP contribution in [0.3, 0.4) is 0 Å². The van der Waals surface area contributed by atoms with Crippen molar-refractivity contribution in [2.24, 2.45) is 0 Å². The summed E-state index contributed by atoms with van der Waals surface area (Å²) in [4.78, 5) is 15.2. The molecule has 2 aliphatic heterocycles. The van der Waals surface area contributed by atoms with Crippen LogP contribution in [0.2, 0.25) is 0 Å². The second-order valence-electron chi connectivity index (χ2n) is 7.48. The Morgan fingerprint density at radius 1 is 1.08 bits per heavy atom. The maximum atomic E-state index is 13.0. The molecule has 2 aromatic rings. The molecule has 138 valence electrons. The molecular formula is C22H27NO3. The third kappa shape index (κ3) is 3.07. The average Bonchev–Trinajstić information content (AvgIpc) is 2.95. The fraction of sp³-hybridized carbons (Fsp3) is 0.500. The van der Waals surface area contributed by atoms with Gasteiger partial charge in [0, 0.05) is 31.2 Å². The molecule has 2 fully saturated rings. The van der Waals surface area contributed by atoms with E-state index in [1.807, 2.05) is 18.2 Å². The van der Waals surface area contributed by atoms with Gasteiger partial charge in [-0.05, 0) is 48.9 Å². The number of piperidine rings is 1. The van der Waals surface area contributed by atoms with Gasteiger partial charge in [0.2, 0.25) is 5.91 Å². The van der Waals surface area contributed by atoms with E-state index < -0.39 is 0 Å². The van der Waals surface area contributed by atoms with Crippen LogP contribution in [-0.2, 0) is 16.0 Å². The first-order valence-electron chi connectivity index (χ1n) is 9.60. The van der Waals surface area contributed by atoms with E-state index in [4.69, 9.17) is 9.47 Å². The van der Waals surface area contributed by atoms with Crippen LogP contribution >= 0.6 is 0 Å². The van der Waals surface area contributed by atoms with Crippen LogP contribution in [0.15, 0.2) is 36.4 Å². The van der Waals surface area contributed by atoms with E-state index >= 15 is 0 Å². The van der Waals surface area contributed by atoms with Gasteiger partial charge in [0.05, 0.1) is 13.2 Å². The standard InChI is InChI=1S/C22H27NO3/c1-25-18-13-16-8-9-17(14-18)23(16)22(24)12-10-20-19-6-4-3-5-15(19)7-11-21(20)26-2/h3-7,11,16-18H,8-10,12-14H2,1-2H3. The van der Waals surface area contributed by atoms with Gasteiger partial charge in [-0.3, -0.25) is 4.79 Å². The van der Waals surface area contributed by atoms with E-state index in [1.54, 1.807) is 14.2 Å². The third-order valence-electron chi connectivity index (χ3n) is 6.12. The number of hydrogen-bond donors (Lipinski definition) is 0. The summed E-state index contributed by atoms with van der Waals surface area (Å²) in [6.45, 7) is 0. The highest BCUT2D eigenvalue weighted by Gasteiger charge is 2.42. The molecular weight excluding hydrogens is 326 g/mol. The Morgan fingerprint density at radius 2 is 1.81 bits per heavy atom. The lowest BCUT2D eigenvalue weighted by Gasteiger charge is -2.38. The van der Waals surface area contributed by atoms with E-state index in [-0.39, 0.29) is 5.91 Å². The molecule has 2 saturated heterocycles. The summed E-state index contributed by atoms with van der Waals surface area (Å²) in [5, 5.41) is 2.37. The summed E-state index contributed by atoms with van der Waals surface area (Å²) in [5.41, 5.74) is 1.14. The predicted octanol–water partition coefficient (Wildman–Crippen LogP) is 3.95. The maximum Gasteiger partial charge on any atom is 0.223 e. The van der Waals surface area contributed by atoms with Crippen molar-refractivity contribution in [1.82, 2.24) is 4.90 Å². The van der Waals surface area contributed by atoms with Crippen molar-refractivity contribution in [3.63, 3.8) is 0 Å². The van der Waals surface area contributed by atoms with Crippen LogP contribution in [0, 0.1) is 0 Å². The van der Waals surface area contributed by atoms with Crippen molar-refractivity contribution in [3.05, 3.63) is 42.0 Å². The number of aryl methyl sites for hydroxylation is 1. The second-order valence-corrected chi connectivity index (χ2v) is 7.48. The number of hydrogen-bond acceptors (Lipinski definition) is 3. The van der Waals surface area contributed by atoms with Crippen LogP contribution < -0.4 is 4.74 Å². The minimum absolute atomic E-state index is 0.280. The molecule has 4 nitrogen and oxygen atoms in total. The Hall–Kier alpha value is -2.07. The second kappa shape index (κ2) is 7.28. The number of benzene rings is 2. The van der Waals surface area contributed by atoms with E-state index in [0.717, 1.165) is 37.0 Å². The largest absolute Gasteiger partial charge is 0.496 e. The molecule has 2 atom stereocenters. The van der Waals surface area contributed by atoms with Gasteiger partial charge in [0.25, 0.3) is 0 Å². The van der Waals surface area contributed by atoms with Gasteiger partial charge in [0.1, 0.15) is 5.75 Å². The number of ether oxygens (including phenoxy) is 2. The van der Waals surface area contributed by atoms with Crippen LogP contribution in [0.5, 0.6) is 5.75 Å². The van der Waals surface area contributed by atoms with Gasteiger partial charge in [-0.2, -0.15) is 0 Å². The lowest BCUT2D eigenvalue weighted by molar-refractivity contribution is -0.137. The Kier molecular flexibility index (Phi) is 4.86. The number of rotatable bonds is 5. The minimum Gasteiger partial charge on any atom is -0.496 e. The number of carbonyl (C=O) groups excluding carboxylic acids is 1. The van der Waals surface area contributed by atoms with E-state index in [0.29, 0.717) is 31.0 Å². The molecule has 4 heteroatoms. The van der Waals surface area contributed by atoms with Crippen molar-refractivity contribution < 1.29 is 14.3 Å². The van der Waals surface area contributed by atoms with Crippen molar-refractivity contribution in [1.29, 1.82) is 0 Å². The third-order valence-corrected chi connectivity index (χ3v) is 6.12. The maximum absolute atomic E-state index is 13.0. The number of methoxy groups -OCH3 is 2. The van der Waals surface area contributed by atoms with Gasteiger partial charge in [-0.25, -0.2) is 0 Å². The van der Waals surface area contributed by atoms with E-state index in [1.165, 1.54) is 10.8 Å². The molecule has 0 saturated carbocycles. The predicted molar refractivity (Wildman–Crippen MR) is 103 cm³/mol. The monoisotopic (exact) mass is 353 g/mol. The molecule has 0 spiro atoms. The van der Waals surface area contributed by atoms with E-state index in [2.05, 4.69) is 23.1 Å². The van der Waals surface area contributed by atoms with Crippen molar-refractivity contribution in [3.8, 4) is 5.75 Å². The molecule has 0 N–H and O–H groups in total. The number of nitrogens with zero attached hydrogens (tertiary/aromatic N) is 1. The lowest BCUT2D eigenvalue weighted by atomic mass is 9.97. The van der Waals surface area contributed by atoms with Gasteiger partial charge in [-0.1, -0.05) is 30.3 Å². The molecule has 2 bridgehead atoms. The first-order valence-corrected chi connectivity index (χ1v) is 9.60. The van der Waals surface area contributed by atoms with Gasteiger partial charge in [0.15, 0.2) is 0 Å². The Bertz CT molecular complexity index is 789. The molecule has 0 aromatic heterocycles. The SMILES string of the molecule is COc1ccc2ccccc2c1CCC(=O)N1C2CCC1CC(OC)C2. The summed E-state index contributed by atoms with van der Waals surface area (Å²) < 4.78 is 11.1. The normalized spacial score (nSPS) is 24.8. The Balaban J connectivity index is 1.51. The molecule has 0 radical (unpaired) electrons. The van der Waals surface area contributed by atoms with Crippen LogP contribution in [0.4, 0.5) is 0 Å². The molecule has 2 heterocycles. The van der Waals surface area contributed by atoms with E-state index in [9.17, 15) is 4.79 Å². The first-order chi connectivity index (χ1) is 12.7. The topological polar surface area (TPSA) is 38.8 Å². The minimum atomic E-state index is 0.280. The molecule has 1 amide bonds. The van der Waals surface area contributed by atoms with Crippen LogP contribution in [0.1, 0.15) is 37.7 Å². The Labute approximate surface area is 155 Å². The number of fused-ring (bicyclic) bond motifs is 3. The quantitative estimate of drug-likeness (QED) is 0.817. The smallest absolute Gasteiger partial charge is 0.223 e. The number of amides is 1. The molecule has 26 heavy (non-hydrogen) atoms. The average molecular weight is 353 g/mol. The molecule has 2 aliphatic rings. The van der Waals surface area contributed by atoms with Gasteiger partial charge in [-0.15, -0.1) is 0 Å². The molecule has 4 rings (SSSR count). The van der Waals surface area contributed by atoms with Crippen molar-refractivity contribution in [2.45, 2.75) is 56.7 Å². The lowest BCUT2D eigenvalue weighted by Crippen LogP contribution is -2.48. The van der Waals surface area contributed by atoms with Crippen molar-refractivity contribution in [2.75, 3.05) is 14.2 Å². The first kappa shape index (κ1) is 17.3. The summed E-state index contributed by atoms with van der Waals surface area (Å²) in [6, 6.07) is 13.1. The van der Waals surface area contributed by atoms with Crippen LogP contribution in [0.25, 0.3) is 10.8 Å². The molecule has 2 aromatic carbocycles. The molecule has 2 unspecified atom stereocenters. The number of carbonyl (C=O) groups is 1. The fourth-order valence-electron chi connectivity index (χ4n) is 4.85. The zero-order chi connectivity index (χ0) is 18.1. The summed E-state index contributed by atoms with van der Waals surface area (Å²) in [5.74, 6) is 1.15. The van der Waals surface area contributed by atoms with Crippen molar-refractivity contribution >= 4 is 16.7 Å².